The van der Waals surface area contributed by atoms with E-state index in [4.69, 9.17) is 27.6 Å². The van der Waals surface area contributed by atoms with Gasteiger partial charge in [0.05, 0.1) is 10.6 Å². The van der Waals surface area contributed by atoms with Crippen molar-refractivity contribution in [1.29, 1.82) is 0 Å². The van der Waals surface area contributed by atoms with Gasteiger partial charge in [-0.1, -0.05) is 74.0 Å². The van der Waals surface area contributed by atoms with Gasteiger partial charge in [0, 0.05) is 10.8 Å². The van der Waals surface area contributed by atoms with Crippen LogP contribution in [-0.2, 0) is 0 Å². The minimum atomic E-state index is 0.437. The fraction of sp³-hybridized carbons (Fsp3) is 0.500. The number of halogens is 2. The molecule has 2 aromatic rings. The van der Waals surface area contributed by atoms with E-state index < -0.39 is 0 Å². The van der Waals surface area contributed by atoms with Crippen LogP contribution in [-0.4, -0.2) is 16.0 Å². The van der Waals surface area contributed by atoms with E-state index >= 15 is 0 Å². The molecule has 0 amide bonds. The summed E-state index contributed by atoms with van der Waals surface area (Å²) >= 11 is 13.6. The lowest BCUT2D eigenvalue weighted by Crippen LogP contribution is -1.82. The van der Waals surface area contributed by atoms with E-state index in [1.165, 1.54) is 38.5 Å². The van der Waals surface area contributed by atoms with E-state index in [1.54, 1.807) is 30.0 Å². The Balaban J connectivity index is 1.79. The first-order chi connectivity index (χ1) is 10.7. The van der Waals surface area contributed by atoms with Gasteiger partial charge in [0.25, 0.3) is 5.22 Å². The standard InChI is InChI=1S/C16H20Cl2N2OS/c1-2-3-4-5-6-7-10-22-16-20-19-15(21-16)13-9-8-12(17)11-14(13)18/h8-9,11H,2-7,10H2,1H3. The molecule has 1 aromatic carbocycles. The molecule has 1 heterocycles. The molecule has 0 spiro atoms. The Labute approximate surface area is 145 Å². The van der Waals surface area contributed by atoms with Crippen LogP contribution in [0.1, 0.15) is 45.4 Å². The molecule has 22 heavy (non-hydrogen) atoms. The minimum absolute atomic E-state index is 0.437. The molecule has 0 aliphatic rings. The van der Waals surface area contributed by atoms with Crippen LogP contribution >= 0.6 is 35.0 Å². The van der Waals surface area contributed by atoms with E-state index in [0.29, 0.717) is 26.7 Å². The van der Waals surface area contributed by atoms with Gasteiger partial charge in [-0.2, -0.15) is 0 Å². The summed E-state index contributed by atoms with van der Waals surface area (Å²) in [5.74, 6) is 1.44. The zero-order chi connectivity index (χ0) is 15.8. The molecular formula is C16H20Cl2N2OS. The summed E-state index contributed by atoms with van der Waals surface area (Å²) in [6, 6.07) is 5.22. The fourth-order valence-electron chi connectivity index (χ4n) is 2.08. The van der Waals surface area contributed by atoms with E-state index in [2.05, 4.69) is 17.1 Å². The topological polar surface area (TPSA) is 38.9 Å². The highest BCUT2D eigenvalue weighted by Crippen LogP contribution is 2.31. The Hall–Kier alpha value is -0.710. The van der Waals surface area contributed by atoms with Crippen molar-refractivity contribution in [2.24, 2.45) is 0 Å². The molecule has 1 aromatic heterocycles. The Bertz CT molecular complexity index is 589. The van der Waals surface area contributed by atoms with Gasteiger partial charge in [-0.05, 0) is 24.6 Å². The largest absolute Gasteiger partial charge is 0.411 e. The zero-order valence-corrected chi connectivity index (χ0v) is 15.0. The van der Waals surface area contributed by atoms with Crippen LogP contribution in [0.3, 0.4) is 0 Å². The van der Waals surface area contributed by atoms with Gasteiger partial charge in [0.1, 0.15) is 0 Å². The monoisotopic (exact) mass is 358 g/mol. The number of aromatic nitrogens is 2. The van der Waals surface area contributed by atoms with Crippen LogP contribution < -0.4 is 0 Å². The summed E-state index contributed by atoms with van der Waals surface area (Å²) in [5.41, 5.74) is 0.713. The van der Waals surface area contributed by atoms with Gasteiger partial charge in [0.2, 0.25) is 5.89 Å². The SMILES string of the molecule is CCCCCCCCSc1nnc(-c2ccc(Cl)cc2Cl)o1. The average Bonchev–Trinajstić information content (AvgIpc) is 2.95. The number of hydrogen-bond donors (Lipinski definition) is 0. The van der Waals surface area contributed by atoms with Crippen molar-refractivity contribution >= 4 is 35.0 Å². The van der Waals surface area contributed by atoms with E-state index in [0.717, 1.165) is 5.75 Å². The van der Waals surface area contributed by atoms with Crippen molar-refractivity contribution < 1.29 is 4.42 Å². The predicted molar refractivity (Wildman–Crippen MR) is 93.9 cm³/mol. The second-order valence-corrected chi connectivity index (χ2v) is 7.00. The molecule has 0 radical (unpaired) electrons. The first-order valence-electron chi connectivity index (χ1n) is 7.62. The maximum atomic E-state index is 6.14. The average molecular weight is 359 g/mol. The smallest absolute Gasteiger partial charge is 0.276 e. The number of unbranched alkanes of at least 4 members (excludes halogenated alkanes) is 5. The van der Waals surface area contributed by atoms with Crippen LogP contribution in [0, 0.1) is 0 Å². The third-order valence-electron chi connectivity index (χ3n) is 3.29. The van der Waals surface area contributed by atoms with Crippen molar-refractivity contribution in [2.75, 3.05) is 5.75 Å². The van der Waals surface area contributed by atoms with Gasteiger partial charge in [-0.15, -0.1) is 10.2 Å². The van der Waals surface area contributed by atoms with Crippen LogP contribution in [0.25, 0.3) is 11.5 Å². The lowest BCUT2D eigenvalue weighted by Gasteiger charge is -2.00. The Kier molecular flexibility index (Phi) is 7.56. The summed E-state index contributed by atoms with van der Waals surface area (Å²) in [4.78, 5) is 0. The van der Waals surface area contributed by atoms with Gasteiger partial charge in [0.15, 0.2) is 0 Å². The third kappa shape index (κ3) is 5.49. The number of hydrogen-bond acceptors (Lipinski definition) is 4. The minimum Gasteiger partial charge on any atom is -0.411 e. The molecular weight excluding hydrogens is 339 g/mol. The lowest BCUT2D eigenvalue weighted by atomic mass is 10.1. The lowest BCUT2D eigenvalue weighted by molar-refractivity contribution is 0.465. The van der Waals surface area contributed by atoms with Gasteiger partial charge in [-0.25, -0.2) is 0 Å². The van der Waals surface area contributed by atoms with Gasteiger partial charge >= 0.3 is 0 Å². The van der Waals surface area contributed by atoms with Crippen molar-refractivity contribution in [1.82, 2.24) is 10.2 Å². The molecule has 0 unspecified atom stereocenters. The third-order valence-corrected chi connectivity index (χ3v) is 4.74. The van der Waals surface area contributed by atoms with E-state index in [-0.39, 0.29) is 0 Å². The summed E-state index contributed by atoms with van der Waals surface area (Å²) in [6.45, 7) is 2.23. The number of rotatable bonds is 9. The maximum Gasteiger partial charge on any atom is 0.276 e. The molecule has 0 bridgehead atoms. The molecule has 6 heteroatoms. The number of benzene rings is 1. The Morgan fingerprint density at radius 2 is 1.82 bits per heavy atom. The summed E-state index contributed by atoms with van der Waals surface area (Å²) in [6.07, 6.45) is 7.70. The normalized spacial score (nSPS) is 11.0. The highest BCUT2D eigenvalue weighted by atomic mass is 35.5. The molecule has 0 saturated heterocycles. The number of nitrogens with zero attached hydrogens (tertiary/aromatic N) is 2. The quantitative estimate of drug-likeness (QED) is 0.379. The molecule has 0 N–H and O–H groups in total. The molecule has 3 nitrogen and oxygen atoms in total. The van der Waals surface area contributed by atoms with Gasteiger partial charge < -0.3 is 4.42 Å². The molecule has 0 saturated carbocycles. The molecule has 0 atom stereocenters. The summed E-state index contributed by atoms with van der Waals surface area (Å²) < 4.78 is 5.65. The molecule has 0 aliphatic heterocycles. The predicted octanol–water partition coefficient (Wildman–Crippen LogP) is 6.50. The van der Waals surface area contributed by atoms with E-state index in [1.807, 2.05) is 0 Å². The zero-order valence-electron chi connectivity index (χ0n) is 12.6. The van der Waals surface area contributed by atoms with Crippen molar-refractivity contribution in [3.63, 3.8) is 0 Å². The van der Waals surface area contributed by atoms with Crippen molar-refractivity contribution in [2.45, 2.75) is 50.7 Å². The molecule has 2 rings (SSSR count). The molecule has 0 fully saturated rings. The van der Waals surface area contributed by atoms with Crippen LogP contribution in [0.15, 0.2) is 27.8 Å². The molecule has 120 valence electrons. The number of thioether (sulfide) groups is 1. The Morgan fingerprint density at radius 3 is 2.59 bits per heavy atom. The highest BCUT2D eigenvalue weighted by Gasteiger charge is 2.12. The maximum absolute atomic E-state index is 6.14. The first kappa shape index (κ1) is 17.6. The molecule has 0 aliphatic carbocycles. The fourth-order valence-corrected chi connectivity index (χ4v) is 3.33. The second-order valence-electron chi connectivity index (χ2n) is 5.11. The van der Waals surface area contributed by atoms with Gasteiger partial charge in [-0.3, -0.25) is 0 Å². The van der Waals surface area contributed by atoms with E-state index in [9.17, 15) is 0 Å². The Morgan fingerprint density at radius 1 is 1.05 bits per heavy atom. The highest BCUT2D eigenvalue weighted by molar-refractivity contribution is 7.99. The van der Waals surface area contributed by atoms with Crippen LogP contribution in [0.4, 0.5) is 0 Å². The first-order valence-corrected chi connectivity index (χ1v) is 9.36. The summed E-state index contributed by atoms with van der Waals surface area (Å²) in [7, 11) is 0. The van der Waals surface area contributed by atoms with Crippen molar-refractivity contribution in [3.8, 4) is 11.5 Å². The van der Waals surface area contributed by atoms with Crippen molar-refractivity contribution in [3.05, 3.63) is 28.2 Å². The summed E-state index contributed by atoms with van der Waals surface area (Å²) in [5, 5.41) is 9.81. The second kappa shape index (κ2) is 9.43. The van der Waals surface area contributed by atoms with Crippen LogP contribution in [0.5, 0.6) is 0 Å². The van der Waals surface area contributed by atoms with Crippen LogP contribution in [0.2, 0.25) is 10.0 Å².